The smallest absolute Gasteiger partial charge is 0.0184 e. The first kappa shape index (κ1) is 22.0. The molecule has 0 spiro atoms. The average Bonchev–Trinajstić information content (AvgIpc) is 2.74. The molecule has 0 amide bonds. The summed E-state index contributed by atoms with van der Waals surface area (Å²) in [6, 6.07) is 26.6. The fourth-order valence-electron chi connectivity index (χ4n) is 3.13. The third-order valence-electron chi connectivity index (χ3n) is 5.10. The van der Waals surface area contributed by atoms with Crippen molar-refractivity contribution in [2.45, 2.75) is 66.2 Å². The summed E-state index contributed by atoms with van der Waals surface area (Å²) in [4.78, 5) is 0. The Balaban J connectivity index is 0.000000292. The molecule has 0 saturated carbocycles. The van der Waals surface area contributed by atoms with E-state index in [4.69, 9.17) is 0 Å². The van der Waals surface area contributed by atoms with Crippen molar-refractivity contribution in [2.75, 3.05) is 0 Å². The summed E-state index contributed by atoms with van der Waals surface area (Å²) in [6.07, 6.45) is 7.50. The minimum absolute atomic E-state index is 1.20. The number of hydrogen-bond donors (Lipinski definition) is 0. The molecule has 0 aromatic heterocycles. The molecule has 3 aromatic rings. The number of aryl methyl sites for hydroxylation is 4. The van der Waals surface area contributed by atoms with Gasteiger partial charge in [-0.25, -0.2) is 0 Å². The van der Waals surface area contributed by atoms with Crippen molar-refractivity contribution in [3.63, 3.8) is 0 Å². The fraction of sp³-hybridized carbons (Fsp3) is 0.357. The molecule has 0 fully saturated rings. The zero-order chi connectivity index (χ0) is 20.2. The van der Waals surface area contributed by atoms with Crippen LogP contribution in [0, 0.1) is 13.8 Å². The van der Waals surface area contributed by atoms with Gasteiger partial charge in [-0.05, 0) is 61.8 Å². The Bertz CT molecular complexity index is 706. The van der Waals surface area contributed by atoms with Crippen LogP contribution in [0.2, 0.25) is 0 Å². The van der Waals surface area contributed by atoms with Crippen LogP contribution >= 0.6 is 0 Å². The Hall–Kier alpha value is -2.34. The van der Waals surface area contributed by atoms with E-state index in [1.54, 1.807) is 0 Å². The largest absolute Gasteiger partial charge is 0.0654 e. The molecule has 0 aliphatic heterocycles. The van der Waals surface area contributed by atoms with E-state index in [-0.39, 0.29) is 0 Å². The summed E-state index contributed by atoms with van der Waals surface area (Å²) < 4.78 is 0. The van der Waals surface area contributed by atoms with Gasteiger partial charge in [0.25, 0.3) is 0 Å². The van der Waals surface area contributed by atoms with E-state index in [1.807, 2.05) is 0 Å². The fourth-order valence-corrected chi connectivity index (χ4v) is 3.13. The van der Waals surface area contributed by atoms with Crippen molar-refractivity contribution in [2.24, 2.45) is 0 Å². The Morgan fingerprint density at radius 3 is 1.07 bits per heavy atom. The maximum atomic E-state index is 2.27. The monoisotopic (exact) mass is 372 g/mol. The first-order valence-corrected chi connectivity index (χ1v) is 10.8. The molecular weight excluding hydrogens is 336 g/mol. The summed E-state index contributed by atoms with van der Waals surface area (Å²) in [6.45, 7) is 8.68. The summed E-state index contributed by atoms with van der Waals surface area (Å²) >= 11 is 0. The lowest BCUT2D eigenvalue weighted by Crippen LogP contribution is -1.87. The minimum atomic E-state index is 1.20. The van der Waals surface area contributed by atoms with Gasteiger partial charge in [-0.2, -0.15) is 0 Å². The van der Waals surface area contributed by atoms with E-state index in [0.29, 0.717) is 0 Å². The van der Waals surface area contributed by atoms with Crippen LogP contribution in [0.3, 0.4) is 0 Å². The van der Waals surface area contributed by atoms with Gasteiger partial charge >= 0.3 is 0 Å². The van der Waals surface area contributed by atoms with Crippen molar-refractivity contribution < 1.29 is 0 Å². The average molecular weight is 373 g/mol. The molecule has 0 saturated heterocycles. The van der Waals surface area contributed by atoms with Crippen LogP contribution in [0.15, 0.2) is 72.8 Å². The van der Waals surface area contributed by atoms with Gasteiger partial charge in [-0.15, -0.1) is 0 Å². The SMILES string of the molecule is CCCCc1ccc(-c2ccc(CCCC)cc2)cc1.Cc1ccc(C)cc1. The molecule has 148 valence electrons. The van der Waals surface area contributed by atoms with Gasteiger partial charge in [0.2, 0.25) is 0 Å². The molecule has 0 aliphatic rings. The normalized spacial score (nSPS) is 10.3. The van der Waals surface area contributed by atoms with Gasteiger partial charge in [-0.3, -0.25) is 0 Å². The predicted octanol–water partition coefficient (Wildman–Crippen LogP) is 8.34. The van der Waals surface area contributed by atoms with Crippen LogP contribution in [0.25, 0.3) is 11.1 Å². The molecule has 0 heteroatoms. The second kappa shape index (κ2) is 12.2. The Kier molecular flexibility index (Phi) is 9.55. The molecule has 3 rings (SSSR count). The highest BCUT2D eigenvalue weighted by Crippen LogP contribution is 2.21. The number of benzene rings is 3. The highest BCUT2D eigenvalue weighted by atomic mass is 14.0. The first-order chi connectivity index (χ1) is 13.6. The maximum absolute atomic E-state index is 2.27. The van der Waals surface area contributed by atoms with Crippen LogP contribution in [-0.4, -0.2) is 0 Å². The molecule has 0 N–H and O–H groups in total. The third-order valence-corrected chi connectivity index (χ3v) is 5.10. The third kappa shape index (κ3) is 7.72. The van der Waals surface area contributed by atoms with Crippen molar-refractivity contribution in [1.29, 1.82) is 0 Å². The zero-order valence-corrected chi connectivity index (χ0v) is 18.2. The van der Waals surface area contributed by atoms with Crippen molar-refractivity contribution >= 4 is 0 Å². The molecule has 3 aromatic carbocycles. The van der Waals surface area contributed by atoms with E-state index < -0.39 is 0 Å². The van der Waals surface area contributed by atoms with Crippen LogP contribution in [-0.2, 0) is 12.8 Å². The molecule has 0 radical (unpaired) electrons. The minimum Gasteiger partial charge on any atom is -0.0654 e. The number of rotatable bonds is 7. The van der Waals surface area contributed by atoms with Gasteiger partial charge in [0.1, 0.15) is 0 Å². The molecule has 28 heavy (non-hydrogen) atoms. The highest BCUT2D eigenvalue weighted by Gasteiger charge is 1.99. The van der Waals surface area contributed by atoms with Crippen molar-refractivity contribution in [1.82, 2.24) is 0 Å². The zero-order valence-electron chi connectivity index (χ0n) is 18.2. The van der Waals surface area contributed by atoms with Gasteiger partial charge in [0.15, 0.2) is 0 Å². The van der Waals surface area contributed by atoms with Crippen LogP contribution in [0.4, 0.5) is 0 Å². The lowest BCUT2D eigenvalue weighted by Gasteiger charge is -2.06. The lowest BCUT2D eigenvalue weighted by molar-refractivity contribution is 0.795. The molecule has 0 nitrogen and oxygen atoms in total. The molecule has 0 aliphatic carbocycles. The van der Waals surface area contributed by atoms with Gasteiger partial charge < -0.3 is 0 Å². The van der Waals surface area contributed by atoms with Crippen LogP contribution in [0.1, 0.15) is 61.8 Å². The summed E-state index contributed by atoms with van der Waals surface area (Å²) in [5, 5.41) is 0. The Morgan fingerprint density at radius 2 is 0.786 bits per heavy atom. The van der Waals surface area contributed by atoms with E-state index >= 15 is 0 Å². The quantitative estimate of drug-likeness (QED) is 0.391. The van der Waals surface area contributed by atoms with Crippen molar-refractivity contribution in [3.05, 3.63) is 95.1 Å². The highest BCUT2D eigenvalue weighted by molar-refractivity contribution is 5.63. The molecule has 0 bridgehead atoms. The van der Waals surface area contributed by atoms with Gasteiger partial charge in [0, 0.05) is 0 Å². The maximum Gasteiger partial charge on any atom is -0.0184 e. The molecule has 0 atom stereocenters. The van der Waals surface area contributed by atoms with E-state index in [1.165, 1.54) is 71.9 Å². The van der Waals surface area contributed by atoms with E-state index in [2.05, 4.69) is 100 Å². The second-order valence-electron chi connectivity index (χ2n) is 7.76. The summed E-state index contributed by atoms with van der Waals surface area (Å²) in [5.41, 5.74) is 8.22. The van der Waals surface area contributed by atoms with E-state index in [9.17, 15) is 0 Å². The van der Waals surface area contributed by atoms with Crippen LogP contribution in [0.5, 0.6) is 0 Å². The Morgan fingerprint density at radius 1 is 0.464 bits per heavy atom. The predicted molar refractivity (Wildman–Crippen MR) is 125 cm³/mol. The second-order valence-corrected chi connectivity index (χ2v) is 7.76. The first-order valence-electron chi connectivity index (χ1n) is 10.8. The summed E-state index contributed by atoms with van der Waals surface area (Å²) in [7, 11) is 0. The molecular formula is C28H36. The lowest BCUT2D eigenvalue weighted by atomic mass is 9.99. The van der Waals surface area contributed by atoms with Crippen molar-refractivity contribution in [3.8, 4) is 11.1 Å². The molecule has 0 heterocycles. The topological polar surface area (TPSA) is 0 Å². The number of unbranched alkanes of at least 4 members (excludes halogenated alkanes) is 2. The van der Waals surface area contributed by atoms with E-state index in [0.717, 1.165) is 0 Å². The Labute approximate surface area is 172 Å². The van der Waals surface area contributed by atoms with Gasteiger partial charge in [0.05, 0.1) is 0 Å². The van der Waals surface area contributed by atoms with Crippen LogP contribution < -0.4 is 0 Å². The van der Waals surface area contributed by atoms with Gasteiger partial charge in [-0.1, -0.05) is 111 Å². The summed E-state index contributed by atoms with van der Waals surface area (Å²) in [5.74, 6) is 0. The molecule has 0 unspecified atom stereocenters. The number of hydrogen-bond acceptors (Lipinski definition) is 0. The standard InChI is InChI=1S/C20H26.C8H10/c1-3-5-7-17-9-13-19(14-10-17)20-15-11-18(12-16-20)8-6-4-2;1-7-3-5-8(2)6-4-7/h9-16H,3-8H2,1-2H3;3-6H,1-2H3.